The van der Waals surface area contributed by atoms with Crippen molar-refractivity contribution in [2.45, 2.75) is 38.2 Å². The molecule has 0 aromatic heterocycles. The first-order chi connectivity index (χ1) is 9.94. The van der Waals surface area contributed by atoms with Gasteiger partial charge in [-0.15, -0.1) is 0 Å². The lowest BCUT2D eigenvalue weighted by Gasteiger charge is -2.18. The summed E-state index contributed by atoms with van der Waals surface area (Å²) in [6, 6.07) is 6.48. The van der Waals surface area contributed by atoms with Crippen molar-refractivity contribution in [3.63, 3.8) is 0 Å². The number of benzene rings is 1. The van der Waals surface area contributed by atoms with E-state index in [9.17, 15) is 13.5 Å². The van der Waals surface area contributed by atoms with Gasteiger partial charge in [-0.2, -0.15) is 0 Å². The monoisotopic (exact) mass is 314 g/mol. The van der Waals surface area contributed by atoms with Gasteiger partial charge < -0.3 is 10.0 Å². The molecule has 0 fully saturated rings. The first-order valence-corrected chi connectivity index (χ1v) is 8.92. The zero-order chi connectivity index (χ0) is 15.9. The van der Waals surface area contributed by atoms with Gasteiger partial charge in [-0.05, 0) is 37.2 Å². The lowest BCUT2D eigenvalue weighted by molar-refractivity contribution is 0.173. The molecule has 6 heteroatoms. The van der Waals surface area contributed by atoms with Crippen LogP contribution in [0, 0.1) is 0 Å². The Morgan fingerprint density at radius 3 is 2.48 bits per heavy atom. The Bertz CT molecular complexity index is 527. The Kier molecular flexibility index (Phi) is 7.31. The molecule has 0 saturated heterocycles. The Morgan fingerprint density at radius 1 is 1.24 bits per heavy atom. The molecular formula is C15H26N2O3S. The molecule has 1 atom stereocenters. The Labute approximate surface area is 128 Å². The van der Waals surface area contributed by atoms with Crippen LogP contribution in [0.1, 0.15) is 38.9 Å². The van der Waals surface area contributed by atoms with Gasteiger partial charge in [0.2, 0.25) is 10.0 Å². The van der Waals surface area contributed by atoms with Gasteiger partial charge in [-0.25, -0.2) is 13.1 Å². The molecule has 0 aliphatic rings. The van der Waals surface area contributed by atoms with Crippen molar-refractivity contribution >= 4 is 10.0 Å². The van der Waals surface area contributed by atoms with Crippen LogP contribution >= 0.6 is 0 Å². The van der Waals surface area contributed by atoms with Gasteiger partial charge in [0, 0.05) is 13.1 Å². The molecule has 120 valence electrons. The van der Waals surface area contributed by atoms with E-state index in [-0.39, 0.29) is 4.90 Å². The predicted octanol–water partition coefficient (Wildman–Crippen LogP) is 1.75. The second-order valence-electron chi connectivity index (χ2n) is 4.92. The van der Waals surface area contributed by atoms with Gasteiger partial charge in [0.25, 0.3) is 0 Å². The third kappa shape index (κ3) is 5.39. The van der Waals surface area contributed by atoms with E-state index in [1.807, 2.05) is 20.8 Å². The van der Waals surface area contributed by atoms with E-state index in [1.165, 1.54) is 6.07 Å². The summed E-state index contributed by atoms with van der Waals surface area (Å²) >= 11 is 0. The highest BCUT2D eigenvalue weighted by Gasteiger charge is 2.15. The molecule has 0 amide bonds. The minimum Gasteiger partial charge on any atom is -0.388 e. The Morgan fingerprint density at radius 2 is 1.90 bits per heavy atom. The van der Waals surface area contributed by atoms with Crippen LogP contribution in [0.5, 0.6) is 0 Å². The number of nitrogens with one attached hydrogen (secondary N) is 1. The summed E-state index contributed by atoms with van der Waals surface area (Å²) in [5.74, 6) is 0. The molecule has 21 heavy (non-hydrogen) atoms. The van der Waals surface area contributed by atoms with Crippen molar-refractivity contribution in [3.05, 3.63) is 29.8 Å². The second-order valence-corrected chi connectivity index (χ2v) is 6.69. The van der Waals surface area contributed by atoms with E-state index >= 15 is 0 Å². The van der Waals surface area contributed by atoms with Crippen LogP contribution in [0.25, 0.3) is 0 Å². The quantitative estimate of drug-likeness (QED) is 0.728. The fourth-order valence-corrected chi connectivity index (χ4v) is 3.16. The number of hydrogen-bond acceptors (Lipinski definition) is 4. The van der Waals surface area contributed by atoms with E-state index in [1.54, 1.807) is 18.2 Å². The molecule has 0 radical (unpaired) electrons. The fraction of sp³-hybridized carbons (Fsp3) is 0.600. The molecule has 1 rings (SSSR count). The third-order valence-electron chi connectivity index (χ3n) is 3.55. The van der Waals surface area contributed by atoms with Gasteiger partial charge in [-0.3, -0.25) is 0 Å². The lowest BCUT2D eigenvalue weighted by Crippen LogP contribution is -2.34. The van der Waals surface area contributed by atoms with Crippen LogP contribution < -0.4 is 4.72 Å². The summed E-state index contributed by atoms with van der Waals surface area (Å²) in [5, 5.41) is 9.81. The first-order valence-electron chi connectivity index (χ1n) is 7.44. The van der Waals surface area contributed by atoms with Crippen LogP contribution in [0.3, 0.4) is 0 Å². The number of aliphatic hydroxyl groups excluding tert-OH is 1. The summed E-state index contributed by atoms with van der Waals surface area (Å²) in [4.78, 5) is 2.35. The van der Waals surface area contributed by atoms with E-state index < -0.39 is 16.1 Å². The third-order valence-corrected chi connectivity index (χ3v) is 5.01. The van der Waals surface area contributed by atoms with Crippen LogP contribution in [0.15, 0.2) is 29.2 Å². The van der Waals surface area contributed by atoms with Crippen molar-refractivity contribution in [3.8, 4) is 0 Å². The summed E-state index contributed by atoms with van der Waals surface area (Å²) < 4.78 is 27.1. The topological polar surface area (TPSA) is 69.6 Å². The second kappa shape index (κ2) is 8.48. The van der Waals surface area contributed by atoms with E-state index in [2.05, 4.69) is 9.62 Å². The molecule has 1 unspecified atom stereocenters. The first kappa shape index (κ1) is 18.1. The standard InChI is InChI=1S/C15H26N2O3S/c1-4-15(18)13-8-7-9-14(12-13)21(19,20)16-10-11-17(5-2)6-3/h7-9,12,15-16,18H,4-6,10-11H2,1-3H3. The molecule has 5 nitrogen and oxygen atoms in total. The number of aliphatic hydroxyl groups is 1. The highest BCUT2D eigenvalue weighted by atomic mass is 32.2. The van der Waals surface area contributed by atoms with Gasteiger partial charge in [0.05, 0.1) is 11.0 Å². The van der Waals surface area contributed by atoms with Crippen molar-refractivity contribution in [2.24, 2.45) is 0 Å². The number of sulfonamides is 1. The fourth-order valence-electron chi connectivity index (χ4n) is 2.09. The average molecular weight is 314 g/mol. The van der Waals surface area contributed by atoms with Crippen molar-refractivity contribution in [1.29, 1.82) is 0 Å². The van der Waals surface area contributed by atoms with E-state index in [4.69, 9.17) is 0 Å². The highest BCUT2D eigenvalue weighted by Crippen LogP contribution is 2.19. The SMILES string of the molecule is CCC(O)c1cccc(S(=O)(=O)NCCN(CC)CC)c1. The zero-order valence-electron chi connectivity index (χ0n) is 13.0. The molecule has 1 aromatic carbocycles. The van der Waals surface area contributed by atoms with Crippen LogP contribution in [0.2, 0.25) is 0 Å². The summed E-state index contributed by atoms with van der Waals surface area (Å²) in [6.45, 7) is 8.82. The maximum atomic E-state index is 12.2. The van der Waals surface area contributed by atoms with Gasteiger partial charge in [-0.1, -0.05) is 32.9 Å². The van der Waals surface area contributed by atoms with E-state index in [0.29, 0.717) is 25.1 Å². The van der Waals surface area contributed by atoms with Crippen LogP contribution in [-0.2, 0) is 10.0 Å². The minimum atomic E-state index is -3.52. The highest BCUT2D eigenvalue weighted by molar-refractivity contribution is 7.89. The molecule has 2 N–H and O–H groups in total. The van der Waals surface area contributed by atoms with E-state index in [0.717, 1.165) is 13.1 Å². The zero-order valence-corrected chi connectivity index (χ0v) is 13.9. The average Bonchev–Trinajstić information content (AvgIpc) is 2.51. The smallest absolute Gasteiger partial charge is 0.240 e. The minimum absolute atomic E-state index is 0.201. The number of hydrogen-bond donors (Lipinski definition) is 2. The Hall–Kier alpha value is -0.950. The van der Waals surface area contributed by atoms with Crippen LogP contribution in [-0.4, -0.2) is 44.6 Å². The molecule has 1 aromatic rings. The molecule has 0 aliphatic carbocycles. The molecule has 0 aliphatic heterocycles. The van der Waals surface area contributed by atoms with Crippen molar-refractivity contribution in [1.82, 2.24) is 9.62 Å². The number of likely N-dealkylation sites (N-methyl/N-ethyl adjacent to an activating group) is 1. The molecule has 0 bridgehead atoms. The molecule has 0 spiro atoms. The predicted molar refractivity (Wildman–Crippen MR) is 84.7 cm³/mol. The van der Waals surface area contributed by atoms with Crippen LogP contribution in [0.4, 0.5) is 0 Å². The molecular weight excluding hydrogens is 288 g/mol. The summed E-state index contributed by atoms with van der Waals surface area (Å²) in [6.07, 6.45) is -0.0744. The largest absolute Gasteiger partial charge is 0.388 e. The van der Waals surface area contributed by atoms with Crippen molar-refractivity contribution < 1.29 is 13.5 Å². The van der Waals surface area contributed by atoms with Gasteiger partial charge in [0.15, 0.2) is 0 Å². The molecule has 0 saturated carbocycles. The Balaban J connectivity index is 2.74. The normalized spacial score (nSPS) is 13.6. The summed E-state index contributed by atoms with van der Waals surface area (Å²) in [7, 11) is -3.52. The lowest BCUT2D eigenvalue weighted by atomic mass is 10.1. The maximum Gasteiger partial charge on any atom is 0.240 e. The summed E-state index contributed by atoms with van der Waals surface area (Å²) in [5.41, 5.74) is 0.629. The molecule has 0 heterocycles. The van der Waals surface area contributed by atoms with Gasteiger partial charge in [0.1, 0.15) is 0 Å². The van der Waals surface area contributed by atoms with Gasteiger partial charge >= 0.3 is 0 Å². The maximum absolute atomic E-state index is 12.2. The van der Waals surface area contributed by atoms with Crippen molar-refractivity contribution in [2.75, 3.05) is 26.2 Å². The number of nitrogens with zero attached hydrogens (tertiary/aromatic N) is 1. The number of rotatable bonds is 9.